The molecule has 0 amide bonds. The van der Waals surface area contributed by atoms with Crippen molar-refractivity contribution in [1.82, 2.24) is 9.97 Å². The van der Waals surface area contributed by atoms with Gasteiger partial charge in [-0.15, -0.1) is 11.8 Å². The van der Waals surface area contributed by atoms with E-state index in [-0.39, 0.29) is 5.82 Å². The molecule has 2 aromatic rings. The van der Waals surface area contributed by atoms with E-state index in [9.17, 15) is 4.39 Å². The maximum atomic E-state index is 13.2. The minimum Gasteiger partial charge on any atom is -0.378 e. The average molecular weight is 419 g/mol. The molecule has 112 valence electrons. The molecule has 1 heterocycles. The van der Waals surface area contributed by atoms with E-state index >= 15 is 0 Å². The lowest BCUT2D eigenvalue weighted by Gasteiger charge is -2.10. The normalized spacial score (nSPS) is 10.7. The number of hydrogen-bond acceptors (Lipinski definition) is 5. The fourth-order valence-electron chi connectivity index (χ4n) is 1.71. The molecule has 0 saturated heterocycles. The highest BCUT2D eigenvalue weighted by molar-refractivity contribution is 14.1. The SMILES string of the molecule is CNc1nc(CSc2cccc(F)c2)nc(COC)c1I. The molecule has 0 radical (unpaired) electrons. The second kappa shape index (κ2) is 7.90. The number of ether oxygens (including phenoxy) is 1. The van der Waals surface area contributed by atoms with E-state index in [0.29, 0.717) is 18.2 Å². The number of halogens is 2. The van der Waals surface area contributed by atoms with E-state index in [1.165, 1.54) is 23.9 Å². The first kappa shape index (κ1) is 16.4. The van der Waals surface area contributed by atoms with Crippen LogP contribution in [0.4, 0.5) is 10.2 Å². The van der Waals surface area contributed by atoms with Crippen LogP contribution in [0.1, 0.15) is 11.5 Å². The number of aromatic nitrogens is 2. The Morgan fingerprint density at radius 2 is 2.19 bits per heavy atom. The Morgan fingerprint density at radius 1 is 1.38 bits per heavy atom. The molecule has 0 bridgehead atoms. The first-order chi connectivity index (χ1) is 10.1. The zero-order valence-corrected chi connectivity index (χ0v) is 14.7. The lowest BCUT2D eigenvalue weighted by Crippen LogP contribution is -2.07. The van der Waals surface area contributed by atoms with Gasteiger partial charge >= 0.3 is 0 Å². The molecular formula is C14H15FIN3OS. The summed E-state index contributed by atoms with van der Waals surface area (Å²) in [5.41, 5.74) is 0.854. The molecular weight excluding hydrogens is 404 g/mol. The van der Waals surface area contributed by atoms with Gasteiger partial charge in [-0.25, -0.2) is 14.4 Å². The van der Waals surface area contributed by atoms with E-state index in [1.807, 2.05) is 13.1 Å². The summed E-state index contributed by atoms with van der Waals surface area (Å²) in [5.74, 6) is 1.82. The van der Waals surface area contributed by atoms with Crippen molar-refractivity contribution in [2.45, 2.75) is 17.3 Å². The second-order valence-electron chi connectivity index (χ2n) is 4.18. The van der Waals surface area contributed by atoms with Crippen molar-refractivity contribution < 1.29 is 9.13 Å². The van der Waals surface area contributed by atoms with Crippen LogP contribution >= 0.6 is 34.4 Å². The summed E-state index contributed by atoms with van der Waals surface area (Å²) in [7, 11) is 3.46. The molecule has 0 aliphatic carbocycles. The molecule has 7 heteroatoms. The number of nitrogens with zero attached hydrogens (tertiary/aromatic N) is 2. The highest BCUT2D eigenvalue weighted by atomic mass is 127. The third kappa shape index (κ3) is 4.52. The van der Waals surface area contributed by atoms with E-state index in [4.69, 9.17) is 4.74 Å². The van der Waals surface area contributed by atoms with Gasteiger partial charge in [0.15, 0.2) is 0 Å². The predicted octanol–water partition coefficient (Wildman–Crippen LogP) is 3.70. The lowest BCUT2D eigenvalue weighted by molar-refractivity contribution is 0.180. The summed E-state index contributed by atoms with van der Waals surface area (Å²) in [5, 5.41) is 3.06. The lowest BCUT2D eigenvalue weighted by atomic mass is 10.3. The van der Waals surface area contributed by atoms with Crippen LogP contribution < -0.4 is 5.32 Å². The summed E-state index contributed by atoms with van der Waals surface area (Å²) in [4.78, 5) is 9.84. The summed E-state index contributed by atoms with van der Waals surface area (Å²) in [6.07, 6.45) is 0. The first-order valence-electron chi connectivity index (χ1n) is 6.24. The van der Waals surface area contributed by atoms with Gasteiger partial charge in [-0.2, -0.15) is 0 Å². The fraction of sp³-hybridized carbons (Fsp3) is 0.286. The molecule has 1 aromatic heterocycles. The van der Waals surface area contributed by atoms with Crippen LogP contribution in [-0.4, -0.2) is 24.1 Å². The maximum Gasteiger partial charge on any atom is 0.143 e. The molecule has 2 rings (SSSR count). The Hall–Kier alpha value is -0.930. The van der Waals surface area contributed by atoms with E-state index in [0.717, 1.165) is 20.0 Å². The van der Waals surface area contributed by atoms with Gasteiger partial charge in [-0.3, -0.25) is 0 Å². The van der Waals surface area contributed by atoms with Crippen molar-refractivity contribution in [2.75, 3.05) is 19.5 Å². The van der Waals surface area contributed by atoms with Gasteiger partial charge < -0.3 is 10.1 Å². The highest BCUT2D eigenvalue weighted by Crippen LogP contribution is 2.25. The Kier molecular flexibility index (Phi) is 6.19. The van der Waals surface area contributed by atoms with Crippen LogP contribution in [0.25, 0.3) is 0 Å². The molecule has 0 spiro atoms. The van der Waals surface area contributed by atoms with E-state index in [2.05, 4.69) is 37.9 Å². The Bertz CT molecular complexity index is 627. The summed E-state index contributed by atoms with van der Waals surface area (Å²) in [6.45, 7) is 0.438. The van der Waals surface area contributed by atoms with Gasteiger partial charge in [-0.05, 0) is 40.8 Å². The highest BCUT2D eigenvalue weighted by Gasteiger charge is 2.11. The van der Waals surface area contributed by atoms with Crippen molar-refractivity contribution in [3.8, 4) is 0 Å². The number of anilines is 1. The molecule has 0 fully saturated rings. The zero-order valence-electron chi connectivity index (χ0n) is 11.7. The van der Waals surface area contributed by atoms with Crippen molar-refractivity contribution in [3.05, 3.63) is 45.2 Å². The van der Waals surface area contributed by atoms with Crippen molar-refractivity contribution in [2.24, 2.45) is 0 Å². The molecule has 0 aliphatic heterocycles. The summed E-state index contributed by atoms with van der Waals surface area (Å²) >= 11 is 3.70. The molecule has 0 saturated carbocycles. The molecule has 0 atom stereocenters. The van der Waals surface area contributed by atoms with E-state index < -0.39 is 0 Å². The largest absolute Gasteiger partial charge is 0.378 e. The zero-order chi connectivity index (χ0) is 15.2. The molecule has 1 aromatic carbocycles. The standard InChI is InChI=1S/C14H15FIN3OS/c1-17-14-13(16)11(7-20-2)18-12(19-14)8-21-10-5-3-4-9(15)6-10/h3-6H,7-8H2,1-2H3,(H,17,18,19). The molecule has 4 nitrogen and oxygen atoms in total. The van der Waals surface area contributed by atoms with E-state index in [1.54, 1.807) is 13.2 Å². The number of benzene rings is 1. The minimum atomic E-state index is -0.237. The van der Waals surface area contributed by atoms with Gasteiger partial charge in [-0.1, -0.05) is 6.07 Å². The smallest absolute Gasteiger partial charge is 0.143 e. The molecule has 0 aliphatic rings. The quantitative estimate of drug-likeness (QED) is 0.572. The van der Waals surface area contributed by atoms with Crippen LogP contribution in [0.2, 0.25) is 0 Å². The van der Waals surface area contributed by atoms with Crippen LogP contribution in [0.5, 0.6) is 0 Å². The Balaban J connectivity index is 2.17. The second-order valence-corrected chi connectivity index (χ2v) is 6.31. The number of nitrogens with one attached hydrogen (secondary N) is 1. The van der Waals surface area contributed by atoms with Gasteiger partial charge in [0.2, 0.25) is 0 Å². The third-order valence-electron chi connectivity index (χ3n) is 2.65. The first-order valence-corrected chi connectivity index (χ1v) is 8.30. The van der Waals surface area contributed by atoms with Crippen molar-refractivity contribution in [3.63, 3.8) is 0 Å². The molecule has 21 heavy (non-hydrogen) atoms. The topological polar surface area (TPSA) is 47.0 Å². The van der Waals surface area contributed by atoms with Crippen LogP contribution in [0, 0.1) is 9.39 Å². The third-order valence-corrected chi connectivity index (χ3v) is 4.77. The summed E-state index contributed by atoms with van der Waals surface area (Å²) < 4.78 is 19.3. The number of hydrogen-bond donors (Lipinski definition) is 1. The Labute approximate surface area is 141 Å². The molecule has 0 unspecified atom stereocenters. The van der Waals surface area contributed by atoms with Gasteiger partial charge in [0.05, 0.1) is 21.6 Å². The Morgan fingerprint density at radius 3 is 2.86 bits per heavy atom. The average Bonchev–Trinajstić information content (AvgIpc) is 2.48. The minimum absolute atomic E-state index is 0.237. The van der Waals surface area contributed by atoms with Crippen LogP contribution in [0.3, 0.4) is 0 Å². The van der Waals surface area contributed by atoms with Crippen molar-refractivity contribution >= 4 is 40.2 Å². The monoisotopic (exact) mass is 419 g/mol. The van der Waals surface area contributed by atoms with Crippen LogP contribution in [-0.2, 0) is 17.1 Å². The number of methoxy groups -OCH3 is 1. The maximum absolute atomic E-state index is 13.2. The van der Waals surface area contributed by atoms with Gasteiger partial charge in [0.1, 0.15) is 17.5 Å². The van der Waals surface area contributed by atoms with Crippen LogP contribution in [0.15, 0.2) is 29.2 Å². The van der Waals surface area contributed by atoms with Gasteiger partial charge in [0, 0.05) is 19.1 Å². The summed E-state index contributed by atoms with van der Waals surface area (Å²) in [6, 6.07) is 6.50. The van der Waals surface area contributed by atoms with Crippen molar-refractivity contribution in [1.29, 1.82) is 0 Å². The number of thioether (sulfide) groups is 1. The fourth-order valence-corrected chi connectivity index (χ4v) is 3.17. The predicted molar refractivity (Wildman–Crippen MR) is 91.0 cm³/mol. The molecule has 1 N–H and O–H groups in total. The van der Waals surface area contributed by atoms with Gasteiger partial charge in [0.25, 0.3) is 0 Å². The number of rotatable bonds is 6.